The van der Waals surface area contributed by atoms with Gasteiger partial charge in [0.25, 0.3) is 0 Å². The van der Waals surface area contributed by atoms with Crippen molar-refractivity contribution in [2.45, 2.75) is 6.92 Å². The molecule has 0 radical (unpaired) electrons. The number of aliphatic imine (C=N–C) groups is 1. The van der Waals surface area contributed by atoms with Crippen LogP contribution < -0.4 is 15.0 Å². The highest BCUT2D eigenvalue weighted by Crippen LogP contribution is 2.15. The van der Waals surface area contributed by atoms with Gasteiger partial charge in [0.15, 0.2) is 5.96 Å². The van der Waals surface area contributed by atoms with Crippen LogP contribution in [0.2, 0.25) is 0 Å². The lowest BCUT2D eigenvalue weighted by atomic mass is 10.2. The van der Waals surface area contributed by atoms with Gasteiger partial charge in [0.05, 0.1) is 6.54 Å². The third-order valence-electron chi connectivity index (χ3n) is 4.50. The van der Waals surface area contributed by atoms with Crippen LogP contribution in [0.25, 0.3) is 0 Å². The summed E-state index contributed by atoms with van der Waals surface area (Å²) in [6, 6.07) is 14.1. The van der Waals surface area contributed by atoms with E-state index in [0.29, 0.717) is 6.61 Å². The predicted molar refractivity (Wildman–Crippen MR) is 106 cm³/mol. The molecule has 1 fully saturated rings. The van der Waals surface area contributed by atoms with Crippen molar-refractivity contribution < 1.29 is 4.74 Å². The van der Waals surface area contributed by atoms with E-state index >= 15 is 0 Å². The highest BCUT2D eigenvalue weighted by atomic mass is 16.5. The summed E-state index contributed by atoms with van der Waals surface area (Å²) in [4.78, 5) is 13.4. The zero-order valence-corrected chi connectivity index (χ0v) is 15.6. The van der Waals surface area contributed by atoms with Gasteiger partial charge in [-0.05, 0) is 30.7 Å². The number of hydrogen-bond donors (Lipinski definition) is 1. The minimum absolute atomic E-state index is 0.609. The topological polar surface area (TPSA) is 53.0 Å². The number of pyridine rings is 1. The van der Waals surface area contributed by atoms with Crippen molar-refractivity contribution in [1.82, 2.24) is 15.2 Å². The number of hydrogen-bond acceptors (Lipinski definition) is 4. The Bertz CT molecular complexity index is 711. The Kier molecular flexibility index (Phi) is 6.30. The molecule has 1 aromatic carbocycles. The normalized spacial score (nSPS) is 15.1. The molecule has 0 atom stereocenters. The minimum Gasteiger partial charge on any atom is -0.491 e. The van der Waals surface area contributed by atoms with Crippen molar-refractivity contribution in [3.05, 3.63) is 54.2 Å². The fourth-order valence-electron chi connectivity index (χ4n) is 3.06. The minimum atomic E-state index is 0.609. The number of rotatable bonds is 5. The van der Waals surface area contributed by atoms with Crippen LogP contribution in [0.5, 0.6) is 5.75 Å². The molecule has 1 N–H and O–H groups in total. The quantitative estimate of drug-likeness (QED) is 0.507. The van der Waals surface area contributed by atoms with Crippen LogP contribution in [-0.4, -0.2) is 62.2 Å². The number of nitrogens with zero attached hydrogens (tertiary/aromatic N) is 4. The molecule has 2 heterocycles. The van der Waals surface area contributed by atoms with Gasteiger partial charge in [-0.25, -0.2) is 4.98 Å². The molecule has 0 spiro atoms. The van der Waals surface area contributed by atoms with Gasteiger partial charge in [-0.2, -0.15) is 0 Å². The van der Waals surface area contributed by atoms with Gasteiger partial charge in [-0.15, -0.1) is 0 Å². The molecule has 0 saturated carbocycles. The first-order valence-electron chi connectivity index (χ1n) is 9.08. The van der Waals surface area contributed by atoms with Gasteiger partial charge in [0, 0.05) is 39.4 Å². The van der Waals surface area contributed by atoms with Gasteiger partial charge in [-0.3, -0.25) is 4.99 Å². The van der Waals surface area contributed by atoms with Crippen molar-refractivity contribution in [1.29, 1.82) is 0 Å². The Labute approximate surface area is 155 Å². The van der Waals surface area contributed by atoms with Gasteiger partial charge < -0.3 is 19.9 Å². The molecule has 1 aromatic heterocycles. The van der Waals surface area contributed by atoms with E-state index in [9.17, 15) is 0 Å². The van der Waals surface area contributed by atoms with Gasteiger partial charge in [0.2, 0.25) is 0 Å². The van der Waals surface area contributed by atoms with E-state index in [1.54, 1.807) is 0 Å². The standard InChI is InChI=1S/C20H27N5O/c1-17-7-3-4-8-18(17)26-16-11-23-20(21-2)25-14-12-24(13-15-25)19-9-5-6-10-22-19/h3-10H,11-16H2,1-2H3,(H,21,23). The number of aryl methyl sites for hydroxylation is 1. The first-order valence-corrected chi connectivity index (χ1v) is 9.08. The molecule has 0 amide bonds. The lowest BCUT2D eigenvalue weighted by Crippen LogP contribution is -2.53. The summed E-state index contributed by atoms with van der Waals surface area (Å²) in [5.41, 5.74) is 1.16. The van der Waals surface area contributed by atoms with E-state index in [2.05, 4.69) is 44.1 Å². The third-order valence-corrected chi connectivity index (χ3v) is 4.50. The first-order chi connectivity index (χ1) is 12.8. The molecular weight excluding hydrogens is 326 g/mol. The van der Waals surface area contributed by atoms with E-state index in [0.717, 1.165) is 55.8 Å². The van der Waals surface area contributed by atoms with Gasteiger partial charge in [-0.1, -0.05) is 24.3 Å². The zero-order valence-electron chi connectivity index (χ0n) is 15.6. The van der Waals surface area contributed by atoms with E-state index in [1.807, 2.05) is 43.6 Å². The molecule has 26 heavy (non-hydrogen) atoms. The predicted octanol–water partition coefficient (Wildman–Crippen LogP) is 2.17. The SMILES string of the molecule is CN=C(NCCOc1ccccc1C)N1CCN(c2ccccn2)CC1. The van der Waals surface area contributed by atoms with Gasteiger partial charge >= 0.3 is 0 Å². The van der Waals surface area contributed by atoms with Gasteiger partial charge in [0.1, 0.15) is 18.2 Å². The maximum Gasteiger partial charge on any atom is 0.193 e. The average Bonchev–Trinajstić information content (AvgIpc) is 2.70. The maximum absolute atomic E-state index is 5.84. The Morgan fingerprint density at radius 3 is 2.58 bits per heavy atom. The Hall–Kier alpha value is -2.76. The first kappa shape index (κ1) is 18.0. The molecule has 6 heteroatoms. The molecule has 1 aliphatic heterocycles. The molecule has 2 aromatic rings. The van der Waals surface area contributed by atoms with Crippen LogP contribution >= 0.6 is 0 Å². The number of guanidine groups is 1. The van der Waals surface area contributed by atoms with Crippen LogP contribution in [0.4, 0.5) is 5.82 Å². The summed E-state index contributed by atoms with van der Waals surface area (Å²) in [7, 11) is 1.83. The fourth-order valence-corrected chi connectivity index (χ4v) is 3.06. The van der Waals surface area contributed by atoms with E-state index < -0.39 is 0 Å². The van der Waals surface area contributed by atoms with E-state index in [4.69, 9.17) is 4.74 Å². The lowest BCUT2D eigenvalue weighted by molar-refractivity contribution is 0.313. The summed E-state index contributed by atoms with van der Waals surface area (Å²) in [6.07, 6.45) is 1.84. The highest BCUT2D eigenvalue weighted by molar-refractivity contribution is 5.80. The molecular formula is C20H27N5O. The molecule has 3 rings (SSSR count). The fraction of sp³-hybridized carbons (Fsp3) is 0.400. The number of aromatic nitrogens is 1. The lowest BCUT2D eigenvalue weighted by Gasteiger charge is -2.37. The monoisotopic (exact) mass is 353 g/mol. The molecule has 1 saturated heterocycles. The third kappa shape index (κ3) is 4.65. The van der Waals surface area contributed by atoms with E-state index in [1.165, 1.54) is 0 Å². The maximum atomic E-state index is 5.84. The zero-order chi connectivity index (χ0) is 18.2. The second kappa shape index (κ2) is 9.08. The van der Waals surface area contributed by atoms with Crippen LogP contribution in [0.1, 0.15) is 5.56 Å². The van der Waals surface area contributed by atoms with Crippen molar-refractivity contribution >= 4 is 11.8 Å². The number of piperazine rings is 1. The second-order valence-corrected chi connectivity index (χ2v) is 6.25. The van der Waals surface area contributed by atoms with Crippen LogP contribution in [-0.2, 0) is 0 Å². The van der Waals surface area contributed by atoms with Crippen LogP contribution in [0.15, 0.2) is 53.7 Å². The largest absolute Gasteiger partial charge is 0.491 e. The van der Waals surface area contributed by atoms with Crippen molar-refractivity contribution in [2.75, 3.05) is 51.3 Å². The number of ether oxygens (including phenoxy) is 1. The summed E-state index contributed by atoms with van der Waals surface area (Å²) in [5.74, 6) is 2.91. The van der Waals surface area contributed by atoms with E-state index in [-0.39, 0.29) is 0 Å². The molecule has 6 nitrogen and oxygen atoms in total. The smallest absolute Gasteiger partial charge is 0.193 e. The Morgan fingerprint density at radius 1 is 1.12 bits per heavy atom. The average molecular weight is 353 g/mol. The van der Waals surface area contributed by atoms with Crippen molar-refractivity contribution in [3.63, 3.8) is 0 Å². The number of anilines is 1. The summed E-state index contributed by atoms with van der Waals surface area (Å²) >= 11 is 0. The van der Waals surface area contributed by atoms with Crippen LogP contribution in [0, 0.1) is 6.92 Å². The summed E-state index contributed by atoms with van der Waals surface area (Å²) < 4.78 is 5.84. The van der Waals surface area contributed by atoms with Crippen molar-refractivity contribution in [3.8, 4) is 5.75 Å². The molecule has 0 unspecified atom stereocenters. The number of nitrogens with one attached hydrogen (secondary N) is 1. The molecule has 1 aliphatic rings. The molecule has 138 valence electrons. The molecule has 0 aliphatic carbocycles. The van der Waals surface area contributed by atoms with Crippen LogP contribution in [0.3, 0.4) is 0 Å². The highest BCUT2D eigenvalue weighted by Gasteiger charge is 2.20. The summed E-state index contributed by atoms with van der Waals surface area (Å²) in [6.45, 7) is 7.13. The number of benzene rings is 1. The Balaban J connectivity index is 1.43. The van der Waals surface area contributed by atoms with Crippen molar-refractivity contribution in [2.24, 2.45) is 4.99 Å². The molecule has 0 bridgehead atoms. The number of para-hydroxylation sites is 1. The summed E-state index contributed by atoms with van der Waals surface area (Å²) in [5, 5.41) is 3.40. The Morgan fingerprint density at radius 2 is 1.88 bits per heavy atom. The second-order valence-electron chi connectivity index (χ2n) is 6.25.